The maximum absolute atomic E-state index is 13.3. The molecule has 2 aliphatic rings. The smallest absolute Gasteiger partial charge is 0.243 e. The quantitative estimate of drug-likeness (QED) is 0.856. The number of nitrogens with zero attached hydrogens (tertiary/aromatic N) is 1. The summed E-state index contributed by atoms with van der Waals surface area (Å²) in [6.07, 6.45) is 3.79. The summed E-state index contributed by atoms with van der Waals surface area (Å²) in [5.74, 6) is -1.18. The number of rotatable bonds is 1. The van der Waals surface area contributed by atoms with Crippen LogP contribution in [0.25, 0.3) is 0 Å². The Bertz CT molecular complexity index is 520. The molecule has 108 valence electrons. The second-order valence-corrected chi connectivity index (χ2v) is 5.80. The van der Waals surface area contributed by atoms with Crippen LogP contribution in [0.3, 0.4) is 0 Å². The summed E-state index contributed by atoms with van der Waals surface area (Å²) in [7, 11) is 1.72. The predicted octanol–water partition coefficient (Wildman–Crippen LogP) is 2.38. The summed E-state index contributed by atoms with van der Waals surface area (Å²) in [6, 6.07) is 3.12. The molecular formula is C15H18F2N2O. The van der Waals surface area contributed by atoms with E-state index in [4.69, 9.17) is 0 Å². The van der Waals surface area contributed by atoms with Crippen molar-refractivity contribution >= 4 is 5.91 Å². The van der Waals surface area contributed by atoms with E-state index in [1.807, 2.05) is 0 Å². The number of hydrogen-bond acceptors (Lipinski definition) is 2. The number of carbonyl (C=O) groups excluding carboxylic acids is 1. The van der Waals surface area contributed by atoms with Crippen LogP contribution in [0.4, 0.5) is 8.78 Å². The van der Waals surface area contributed by atoms with Crippen molar-refractivity contribution in [1.82, 2.24) is 10.2 Å². The highest BCUT2D eigenvalue weighted by molar-refractivity contribution is 5.87. The Kier molecular flexibility index (Phi) is 3.24. The minimum atomic E-state index is -0.609. The molecule has 1 heterocycles. The summed E-state index contributed by atoms with van der Waals surface area (Å²) in [5, 5.41) is 3.33. The Balaban J connectivity index is 1.88. The average Bonchev–Trinajstić information content (AvgIpc) is 2.85. The third kappa shape index (κ3) is 2.10. The minimum Gasteiger partial charge on any atom is -0.336 e. The SMILES string of the molecule is CN1C(=O)C2(CCCC2)NCC1c1cc(F)cc(F)c1. The van der Waals surface area contributed by atoms with Crippen molar-refractivity contribution in [1.29, 1.82) is 0 Å². The van der Waals surface area contributed by atoms with Gasteiger partial charge in [-0.05, 0) is 30.5 Å². The second kappa shape index (κ2) is 4.81. The highest BCUT2D eigenvalue weighted by Crippen LogP contribution is 2.37. The highest BCUT2D eigenvalue weighted by Gasteiger charge is 2.47. The van der Waals surface area contributed by atoms with Gasteiger partial charge in [-0.15, -0.1) is 0 Å². The molecule has 0 aromatic heterocycles. The van der Waals surface area contributed by atoms with Gasteiger partial charge in [-0.2, -0.15) is 0 Å². The number of hydrogen-bond donors (Lipinski definition) is 1. The number of nitrogens with one attached hydrogen (secondary N) is 1. The fraction of sp³-hybridized carbons (Fsp3) is 0.533. The van der Waals surface area contributed by atoms with Gasteiger partial charge in [-0.25, -0.2) is 8.78 Å². The van der Waals surface area contributed by atoms with Crippen molar-refractivity contribution in [3.05, 3.63) is 35.4 Å². The first-order valence-electron chi connectivity index (χ1n) is 7.00. The van der Waals surface area contributed by atoms with Crippen LogP contribution < -0.4 is 5.32 Å². The lowest BCUT2D eigenvalue weighted by Gasteiger charge is -2.43. The molecule has 1 unspecified atom stereocenters. The van der Waals surface area contributed by atoms with Crippen molar-refractivity contribution in [2.75, 3.05) is 13.6 Å². The molecule has 3 rings (SSSR count). The van der Waals surface area contributed by atoms with Crippen LogP contribution in [0.2, 0.25) is 0 Å². The highest BCUT2D eigenvalue weighted by atomic mass is 19.1. The number of halogens is 2. The number of benzene rings is 1. The van der Waals surface area contributed by atoms with Gasteiger partial charge in [0.05, 0.1) is 11.6 Å². The van der Waals surface area contributed by atoms with Crippen LogP contribution in [-0.2, 0) is 4.79 Å². The van der Waals surface area contributed by atoms with Gasteiger partial charge in [0.1, 0.15) is 11.6 Å². The van der Waals surface area contributed by atoms with Gasteiger partial charge in [0.25, 0.3) is 0 Å². The van der Waals surface area contributed by atoms with Gasteiger partial charge in [-0.3, -0.25) is 4.79 Å². The Morgan fingerprint density at radius 3 is 2.40 bits per heavy atom. The van der Waals surface area contributed by atoms with E-state index in [1.54, 1.807) is 11.9 Å². The van der Waals surface area contributed by atoms with Crippen LogP contribution in [0.15, 0.2) is 18.2 Å². The summed E-state index contributed by atoms with van der Waals surface area (Å²) < 4.78 is 26.7. The Morgan fingerprint density at radius 1 is 1.20 bits per heavy atom. The molecule has 1 atom stereocenters. The van der Waals surface area contributed by atoms with Gasteiger partial charge >= 0.3 is 0 Å². The van der Waals surface area contributed by atoms with E-state index < -0.39 is 17.2 Å². The Hall–Kier alpha value is -1.49. The standard InChI is InChI=1S/C15H18F2N2O/c1-19-13(10-6-11(16)8-12(17)7-10)9-18-15(14(19)20)4-2-3-5-15/h6-8,13,18H,2-5,9H2,1H3. The number of carbonyl (C=O) groups is 1. The maximum Gasteiger partial charge on any atom is 0.243 e. The second-order valence-electron chi connectivity index (χ2n) is 5.80. The largest absolute Gasteiger partial charge is 0.336 e. The van der Waals surface area contributed by atoms with Gasteiger partial charge in [0, 0.05) is 19.7 Å². The van der Waals surface area contributed by atoms with Crippen LogP contribution in [0.5, 0.6) is 0 Å². The molecule has 1 aromatic rings. The molecule has 5 heteroatoms. The monoisotopic (exact) mass is 280 g/mol. The predicted molar refractivity (Wildman–Crippen MR) is 71.1 cm³/mol. The molecule has 2 fully saturated rings. The van der Waals surface area contributed by atoms with Gasteiger partial charge in [0.15, 0.2) is 0 Å². The van der Waals surface area contributed by atoms with E-state index in [-0.39, 0.29) is 11.9 Å². The zero-order chi connectivity index (χ0) is 14.3. The Morgan fingerprint density at radius 2 is 1.80 bits per heavy atom. The third-order valence-corrected chi connectivity index (χ3v) is 4.56. The van der Waals surface area contributed by atoms with Gasteiger partial charge in [-0.1, -0.05) is 12.8 Å². The lowest BCUT2D eigenvalue weighted by molar-refractivity contribution is -0.143. The molecule has 0 bridgehead atoms. The Labute approximate surface area is 117 Å². The van der Waals surface area contributed by atoms with E-state index in [9.17, 15) is 13.6 Å². The zero-order valence-corrected chi connectivity index (χ0v) is 11.5. The summed E-state index contributed by atoms with van der Waals surface area (Å²) in [5.41, 5.74) is 0.0515. The number of amides is 1. The first-order valence-corrected chi connectivity index (χ1v) is 7.00. The first kappa shape index (κ1) is 13.5. The first-order chi connectivity index (χ1) is 9.52. The summed E-state index contributed by atoms with van der Waals surface area (Å²) in [6.45, 7) is 0.533. The van der Waals surface area contributed by atoms with Crippen LogP contribution in [0, 0.1) is 11.6 Å². The topological polar surface area (TPSA) is 32.3 Å². The van der Waals surface area contributed by atoms with E-state index in [1.165, 1.54) is 12.1 Å². The molecule has 20 heavy (non-hydrogen) atoms. The van der Waals surface area contributed by atoms with Crippen LogP contribution in [0.1, 0.15) is 37.3 Å². The molecule has 1 aromatic carbocycles. The molecule has 1 spiro atoms. The van der Waals surface area contributed by atoms with Crippen molar-refractivity contribution < 1.29 is 13.6 Å². The normalized spacial score (nSPS) is 25.4. The number of likely N-dealkylation sites (N-methyl/N-ethyl adjacent to an activating group) is 1. The van der Waals surface area contributed by atoms with Crippen molar-refractivity contribution in [2.45, 2.75) is 37.3 Å². The number of piperazine rings is 1. The van der Waals surface area contributed by atoms with Crippen LogP contribution >= 0.6 is 0 Å². The molecule has 1 saturated carbocycles. The van der Waals surface area contributed by atoms with Crippen molar-refractivity contribution in [2.24, 2.45) is 0 Å². The van der Waals surface area contributed by atoms with Gasteiger partial charge in [0.2, 0.25) is 5.91 Å². The molecule has 3 nitrogen and oxygen atoms in total. The zero-order valence-electron chi connectivity index (χ0n) is 11.5. The van der Waals surface area contributed by atoms with Gasteiger partial charge < -0.3 is 10.2 Å². The lowest BCUT2D eigenvalue weighted by atomic mass is 9.89. The van der Waals surface area contributed by atoms with E-state index in [0.717, 1.165) is 31.7 Å². The molecule has 1 aliphatic heterocycles. The fourth-order valence-corrected chi connectivity index (χ4v) is 3.46. The van der Waals surface area contributed by atoms with Crippen molar-refractivity contribution in [3.8, 4) is 0 Å². The molecule has 1 amide bonds. The molecular weight excluding hydrogens is 262 g/mol. The summed E-state index contributed by atoms with van der Waals surface area (Å²) in [4.78, 5) is 14.2. The third-order valence-electron chi connectivity index (χ3n) is 4.56. The molecule has 1 aliphatic carbocycles. The molecule has 1 saturated heterocycles. The average molecular weight is 280 g/mol. The minimum absolute atomic E-state index is 0.0379. The molecule has 1 N–H and O–H groups in total. The molecule has 0 radical (unpaired) electrons. The van der Waals surface area contributed by atoms with E-state index in [2.05, 4.69) is 5.32 Å². The fourth-order valence-electron chi connectivity index (χ4n) is 3.46. The van der Waals surface area contributed by atoms with Crippen molar-refractivity contribution in [3.63, 3.8) is 0 Å². The van der Waals surface area contributed by atoms with E-state index >= 15 is 0 Å². The van der Waals surface area contributed by atoms with E-state index in [0.29, 0.717) is 12.1 Å². The maximum atomic E-state index is 13.3. The lowest BCUT2D eigenvalue weighted by Crippen LogP contribution is -2.62. The summed E-state index contributed by atoms with van der Waals surface area (Å²) >= 11 is 0. The van der Waals surface area contributed by atoms with Crippen LogP contribution in [-0.4, -0.2) is 29.9 Å².